The summed E-state index contributed by atoms with van der Waals surface area (Å²) in [5.41, 5.74) is 0.218. The van der Waals surface area contributed by atoms with Crippen LogP contribution in [0, 0.1) is 6.92 Å². The highest BCUT2D eigenvalue weighted by molar-refractivity contribution is 7.91. The topological polar surface area (TPSA) is 89.0 Å². The molecule has 2 rings (SSSR count). The van der Waals surface area contributed by atoms with E-state index in [1.165, 1.54) is 12.4 Å². The van der Waals surface area contributed by atoms with Crippen molar-refractivity contribution in [2.24, 2.45) is 0 Å². The summed E-state index contributed by atoms with van der Waals surface area (Å²) in [7, 11) is -3.04. The number of aromatic nitrogens is 2. The molecule has 1 saturated heterocycles. The van der Waals surface area contributed by atoms with Crippen molar-refractivity contribution in [1.82, 2.24) is 15.3 Å². The molecular weight excluding hydrogens is 254 g/mol. The number of hydrogen-bond donors (Lipinski definition) is 1. The Morgan fingerprint density at radius 3 is 2.61 bits per heavy atom. The van der Waals surface area contributed by atoms with E-state index in [0.717, 1.165) is 5.69 Å². The number of carbonyl (C=O) groups excluding carboxylic acids is 1. The molecule has 6 nitrogen and oxygen atoms in total. The maximum atomic E-state index is 11.9. The maximum absolute atomic E-state index is 11.9. The predicted octanol–water partition coefficient (Wildman–Crippen LogP) is 0.0920. The summed E-state index contributed by atoms with van der Waals surface area (Å²) in [5, 5.41) is 2.73. The standard InChI is InChI=1S/C11H15N3O3S/c1-8-5-13-9(6-12-8)10(15)14-11(2)3-4-18(16,17)7-11/h5-6H,3-4,7H2,1-2H3,(H,14,15). The third kappa shape index (κ3) is 2.84. The van der Waals surface area contributed by atoms with E-state index in [1.807, 2.05) is 0 Å². The van der Waals surface area contributed by atoms with Crippen LogP contribution in [0.1, 0.15) is 29.5 Å². The Balaban J connectivity index is 2.10. The fourth-order valence-electron chi connectivity index (χ4n) is 1.96. The number of aryl methyl sites for hydroxylation is 1. The van der Waals surface area contributed by atoms with Gasteiger partial charge in [0.1, 0.15) is 5.69 Å². The summed E-state index contributed by atoms with van der Waals surface area (Å²) in [6, 6.07) is 0. The lowest BCUT2D eigenvalue weighted by molar-refractivity contribution is 0.0910. The summed E-state index contributed by atoms with van der Waals surface area (Å²) in [5.74, 6) is -0.295. The molecule has 1 N–H and O–H groups in total. The second-order valence-corrected chi connectivity index (χ2v) is 7.08. The first-order chi connectivity index (χ1) is 8.30. The van der Waals surface area contributed by atoms with E-state index in [0.29, 0.717) is 6.42 Å². The molecule has 7 heteroatoms. The van der Waals surface area contributed by atoms with Gasteiger partial charge in [0.25, 0.3) is 5.91 Å². The minimum Gasteiger partial charge on any atom is -0.344 e. The summed E-state index contributed by atoms with van der Waals surface area (Å²) in [6.07, 6.45) is 3.32. The number of nitrogens with zero attached hydrogens (tertiary/aromatic N) is 2. The average Bonchev–Trinajstić information content (AvgIpc) is 2.53. The van der Waals surface area contributed by atoms with Crippen molar-refractivity contribution in [3.05, 3.63) is 23.8 Å². The highest BCUT2D eigenvalue weighted by Crippen LogP contribution is 2.23. The van der Waals surface area contributed by atoms with Gasteiger partial charge in [0.2, 0.25) is 0 Å². The lowest BCUT2D eigenvalue weighted by atomic mass is 10.0. The van der Waals surface area contributed by atoms with Crippen LogP contribution in [-0.2, 0) is 9.84 Å². The molecule has 0 radical (unpaired) electrons. The molecule has 0 spiro atoms. The Labute approximate surface area is 106 Å². The molecule has 1 aromatic rings. The Morgan fingerprint density at radius 2 is 2.11 bits per heavy atom. The molecule has 1 unspecified atom stereocenters. The van der Waals surface area contributed by atoms with E-state index in [9.17, 15) is 13.2 Å². The van der Waals surface area contributed by atoms with Crippen molar-refractivity contribution in [3.8, 4) is 0 Å². The van der Waals surface area contributed by atoms with Crippen LogP contribution < -0.4 is 5.32 Å². The molecular formula is C11H15N3O3S. The van der Waals surface area contributed by atoms with Crippen LogP contribution in [-0.4, -0.2) is 41.3 Å². The second kappa shape index (κ2) is 4.31. The van der Waals surface area contributed by atoms with Gasteiger partial charge in [0, 0.05) is 6.20 Å². The van der Waals surface area contributed by atoms with Crippen LogP contribution >= 0.6 is 0 Å². The largest absolute Gasteiger partial charge is 0.344 e. The van der Waals surface area contributed by atoms with Crippen LogP contribution in [0.4, 0.5) is 0 Å². The highest BCUT2D eigenvalue weighted by atomic mass is 32.2. The fraction of sp³-hybridized carbons (Fsp3) is 0.545. The van der Waals surface area contributed by atoms with Crippen LogP contribution in [0.15, 0.2) is 12.4 Å². The van der Waals surface area contributed by atoms with E-state index >= 15 is 0 Å². The molecule has 1 aromatic heterocycles. The maximum Gasteiger partial charge on any atom is 0.271 e. The number of carbonyl (C=O) groups is 1. The Hall–Kier alpha value is -1.50. The summed E-state index contributed by atoms with van der Waals surface area (Å²) in [6.45, 7) is 3.51. The van der Waals surface area contributed by atoms with Crippen LogP contribution in [0.25, 0.3) is 0 Å². The Kier molecular flexibility index (Phi) is 3.10. The van der Waals surface area contributed by atoms with Crippen LogP contribution in [0.5, 0.6) is 0 Å². The van der Waals surface area contributed by atoms with Gasteiger partial charge >= 0.3 is 0 Å². The highest BCUT2D eigenvalue weighted by Gasteiger charge is 2.39. The molecule has 0 aliphatic carbocycles. The molecule has 1 aliphatic rings. The zero-order valence-corrected chi connectivity index (χ0v) is 11.1. The van der Waals surface area contributed by atoms with Gasteiger partial charge in [-0.15, -0.1) is 0 Å². The van der Waals surface area contributed by atoms with Crippen molar-refractivity contribution in [1.29, 1.82) is 0 Å². The SMILES string of the molecule is Cc1cnc(C(=O)NC2(C)CCS(=O)(=O)C2)cn1. The molecule has 2 heterocycles. The van der Waals surface area contributed by atoms with Gasteiger partial charge in [0.15, 0.2) is 9.84 Å². The van der Waals surface area contributed by atoms with E-state index < -0.39 is 15.4 Å². The molecule has 98 valence electrons. The van der Waals surface area contributed by atoms with E-state index in [-0.39, 0.29) is 23.1 Å². The number of amides is 1. The minimum absolute atomic E-state index is 0.0228. The van der Waals surface area contributed by atoms with Gasteiger partial charge in [-0.2, -0.15) is 0 Å². The van der Waals surface area contributed by atoms with E-state index in [4.69, 9.17) is 0 Å². The molecule has 1 amide bonds. The molecule has 0 aromatic carbocycles. The first-order valence-corrected chi connectivity index (χ1v) is 7.43. The van der Waals surface area contributed by atoms with E-state index in [1.54, 1.807) is 13.8 Å². The smallest absolute Gasteiger partial charge is 0.271 e. The molecule has 0 bridgehead atoms. The molecule has 1 fully saturated rings. The van der Waals surface area contributed by atoms with Gasteiger partial charge in [-0.25, -0.2) is 13.4 Å². The van der Waals surface area contributed by atoms with Gasteiger partial charge < -0.3 is 5.32 Å². The van der Waals surface area contributed by atoms with Crippen molar-refractivity contribution in [2.45, 2.75) is 25.8 Å². The predicted molar refractivity (Wildman–Crippen MR) is 65.9 cm³/mol. The summed E-state index contributed by atoms with van der Waals surface area (Å²) >= 11 is 0. The van der Waals surface area contributed by atoms with Gasteiger partial charge in [-0.1, -0.05) is 0 Å². The molecule has 1 aliphatic heterocycles. The fourth-order valence-corrected chi connectivity index (χ4v) is 4.05. The molecule has 0 saturated carbocycles. The van der Waals surface area contributed by atoms with E-state index in [2.05, 4.69) is 15.3 Å². The number of nitrogens with one attached hydrogen (secondary N) is 1. The zero-order valence-electron chi connectivity index (χ0n) is 10.3. The van der Waals surface area contributed by atoms with Crippen molar-refractivity contribution >= 4 is 15.7 Å². The lowest BCUT2D eigenvalue weighted by Gasteiger charge is -2.23. The van der Waals surface area contributed by atoms with Gasteiger partial charge in [-0.3, -0.25) is 9.78 Å². The average molecular weight is 269 g/mol. The quantitative estimate of drug-likeness (QED) is 0.822. The van der Waals surface area contributed by atoms with Crippen LogP contribution in [0.2, 0.25) is 0 Å². The van der Waals surface area contributed by atoms with Gasteiger partial charge in [-0.05, 0) is 20.3 Å². The number of hydrogen-bond acceptors (Lipinski definition) is 5. The van der Waals surface area contributed by atoms with Crippen molar-refractivity contribution in [2.75, 3.05) is 11.5 Å². The van der Waals surface area contributed by atoms with Crippen molar-refractivity contribution in [3.63, 3.8) is 0 Å². The first-order valence-electron chi connectivity index (χ1n) is 5.61. The zero-order chi connectivity index (χ0) is 13.4. The number of sulfone groups is 1. The summed E-state index contributed by atoms with van der Waals surface area (Å²) in [4.78, 5) is 19.9. The summed E-state index contributed by atoms with van der Waals surface area (Å²) < 4.78 is 22.9. The third-order valence-corrected chi connectivity index (χ3v) is 4.84. The molecule has 18 heavy (non-hydrogen) atoms. The van der Waals surface area contributed by atoms with Crippen molar-refractivity contribution < 1.29 is 13.2 Å². The Bertz CT molecular complexity index is 568. The number of rotatable bonds is 2. The second-order valence-electron chi connectivity index (χ2n) is 4.90. The van der Waals surface area contributed by atoms with Crippen LogP contribution in [0.3, 0.4) is 0 Å². The van der Waals surface area contributed by atoms with Gasteiger partial charge in [0.05, 0.1) is 28.9 Å². The normalized spacial score (nSPS) is 25.9. The minimum atomic E-state index is -3.04. The molecule has 1 atom stereocenters. The monoisotopic (exact) mass is 269 g/mol. The lowest BCUT2D eigenvalue weighted by Crippen LogP contribution is -2.47. The third-order valence-electron chi connectivity index (χ3n) is 2.93. The Morgan fingerprint density at radius 1 is 1.39 bits per heavy atom. The first kappa shape index (κ1) is 12.9.